The number of rotatable bonds is 6. The fraction of sp³-hybridized carbons (Fsp3) is 0.211. The van der Waals surface area contributed by atoms with Gasteiger partial charge in [-0.2, -0.15) is 0 Å². The molecule has 2 rings (SSSR count). The fourth-order valence-electron chi connectivity index (χ4n) is 2.38. The van der Waals surface area contributed by atoms with E-state index in [1.54, 1.807) is 24.3 Å². The highest BCUT2D eigenvalue weighted by Crippen LogP contribution is 2.17. The van der Waals surface area contributed by atoms with Crippen LogP contribution in [-0.2, 0) is 14.3 Å². The second kappa shape index (κ2) is 8.63. The van der Waals surface area contributed by atoms with Crippen LogP contribution in [0, 0.1) is 0 Å². The number of nitrogens with zero attached hydrogens (tertiary/aromatic N) is 1. The number of para-hydroxylation sites is 2. The van der Waals surface area contributed by atoms with Gasteiger partial charge >= 0.3 is 5.97 Å². The van der Waals surface area contributed by atoms with Crippen molar-refractivity contribution in [3.63, 3.8) is 0 Å². The smallest absolute Gasteiger partial charge is 0.339 e. The molecule has 130 valence electrons. The average Bonchev–Trinajstić information content (AvgIpc) is 2.62. The monoisotopic (exact) mass is 340 g/mol. The lowest BCUT2D eigenvalue weighted by Gasteiger charge is -2.21. The lowest BCUT2D eigenvalue weighted by atomic mass is 10.1. The summed E-state index contributed by atoms with van der Waals surface area (Å²) < 4.78 is 4.70. The van der Waals surface area contributed by atoms with Crippen molar-refractivity contribution in [2.75, 3.05) is 23.9 Å². The second-order valence-electron chi connectivity index (χ2n) is 5.34. The number of carbonyl (C=O) groups is 3. The number of methoxy groups -OCH3 is 1. The second-order valence-corrected chi connectivity index (χ2v) is 5.34. The van der Waals surface area contributed by atoms with Gasteiger partial charge in [0.05, 0.1) is 18.4 Å². The van der Waals surface area contributed by atoms with Crippen molar-refractivity contribution < 1.29 is 19.1 Å². The van der Waals surface area contributed by atoms with Gasteiger partial charge in [-0.05, 0) is 24.3 Å². The van der Waals surface area contributed by atoms with Crippen LogP contribution in [0.1, 0.15) is 23.7 Å². The number of hydrogen-bond donors (Lipinski definition) is 1. The van der Waals surface area contributed by atoms with Crippen LogP contribution in [0.5, 0.6) is 0 Å². The van der Waals surface area contributed by atoms with Gasteiger partial charge in [0, 0.05) is 25.6 Å². The number of anilines is 2. The molecular weight excluding hydrogens is 320 g/mol. The maximum atomic E-state index is 12.2. The molecule has 0 radical (unpaired) electrons. The summed E-state index contributed by atoms with van der Waals surface area (Å²) in [4.78, 5) is 37.3. The quantitative estimate of drug-likeness (QED) is 0.821. The molecule has 1 N–H and O–H groups in total. The molecule has 2 aromatic rings. The van der Waals surface area contributed by atoms with Crippen LogP contribution in [0.15, 0.2) is 54.6 Å². The van der Waals surface area contributed by atoms with Gasteiger partial charge in [0.2, 0.25) is 11.8 Å². The molecule has 0 heterocycles. The van der Waals surface area contributed by atoms with Gasteiger partial charge in [0.25, 0.3) is 0 Å². The largest absolute Gasteiger partial charge is 0.465 e. The SMILES string of the molecule is COC(=O)c1ccccc1NC(=O)CCN(C(C)=O)c1ccccc1. The molecule has 0 saturated heterocycles. The lowest BCUT2D eigenvalue weighted by Crippen LogP contribution is -2.32. The standard InChI is InChI=1S/C19H20N2O4/c1-14(22)21(15-8-4-3-5-9-15)13-12-18(23)20-17-11-7-6-10-16(17)19(24)25-2/h3-11H,12-13H2,1-2H3,(H,20,23). The zero-order valence-electron chi connectivity index (χ0n) is 14.2. The lowest BCUT2D eigenvalue weighted by molar-refractivity contribution is -0.117. The van der Waals surface area contributed by atoms with Gasteiger partial charge in [-0.3, -0.25) is 9.59 Å². The Balaban J connectivity index is 2.03. The van der Waals surface area contributed by atoms with E-state index in [-0.39, 0.29) is 30.3 Å². The van der Waals surface area contributed by atoms with Crippen LogP contribution in [0.25, 0.3) is 0 Å². The Morgan fingerprint density at radius 1 is 1.00 bits per heavy atom. The number of carbonyl (C=O) groups excluding carboxylic acids is 3. The van der Waals surface area contributed by atoms with E-state index >= 15 is 0 Å². The Morgan fingerprint density at radius 2 is 1.64 bits per heavy atom. The third kappa shape index (κ3) is 4.91. The third-order valence-corrected chi connectivity index (χ3v) is 3.62. The molecule has 6 heteroatoms. The minimum Gasteiger partial charge on any atom is -0.465 e. The summed E-state index contributed by atoms with van der Waals surface area (Å²) >= 11 is 0. The normalized spacial score (nSPS) is 10.0. The Labute approximate surface area is 146 Å². The average molecular weight is 340 g/mol. The Kier molecular flexibility index (Phi) is 6.28. The molecule has 0 spiro atoms. The molecule has 0 aliphatic carbocycles. The number of esters is 1. The zero-order chi connectivity index (χ0) is 18.2. The van der Waals surface area contributed by atoms with Crippen LogP contribution in [-0.4, -0.2) is 31.4 Å². The molecular formula is C19H20N2O4. The molecule has 25 heavy (non-hydrogen) atoms. The molecule has 2 aromatic carbocycles. The summed E-state index contributed by atoms with van der Waals surface area (Å²) in [6.45, 7) is 1.70. The molecule has 6 nitrogen and oxygen atoms in total. The molecule has 0 saturated carbocycles. The van der Waals surface area contributed by atoms with E-state index in [9.17, 15) is 14.4 Å². The van der Waals surface area contributed by atoms with Crippen molar-refractivity contribution in [1.29, 1.82) is 0 Å². The van der Waals surface area contributed by atoms with Crippen molar-refractivity contribution in [1.82, 2.24) is 0 Å². The third-order valence-electron chi connectivity index (χ3n) is 3.62. The highest BCUT2D eigenvalue weighted by atomic mass is 16.5. The summed E-state index contributed by atoms with van der Waals surface area (Å²) in [5.74, 6) is -0.960. The van der Waals surface area contributed by atoms with Gasteiger partial charge < -0.3 is 15.0 Å². The Bertz CT molecular complexity index is 759. The maximum Gasteiger partial charge on any atom is 0.339 e. The Hall–Kier alpha value is -3.15. The zero-order valence-corrected chi connectivity index (χ0v) is 14.2. The highest BCUT2D eigenvalue weighted by molar-refractivity contribution is 6.01. The van der Waals surface area contributed by atoms with Crippen molar-refractivity contribution in [3.8, 4) is 0 Å². The Morgan fingerprint density at radius 3 is 2.28 bits per heavy atom. The van der Waals surface area contributed by atoms with Crippen LogP contribution < -0.4 is 10.2 Å². The number of amides is 2. The topological polar surface area (TPSA) is 75.7 Å². The molecule has 0 atom stereocenters. The van der Waals surface area contributed by atoms with Gasteiger partial charge in [0.15, 0.2) is 0 Å². The van der Waals surface area contributed by atoms with Crippen LogP contribution >= 0.6 is 0 Å². The summed E-state index contributed by atoms with van der Waals surface area (Å²) in [5.41, 5.74) is 1.40. The fourth-order valence-corrected chi connectivity index (χ4v) is 2.38. The van der Waals surface area contributed by atoms with Crippen molar-refractivity contribution >= 4 is 29.2 Å². The van der Waals surface area contributed by atoms with Gasteiger partial charge in [-0.15, -0.1) is 0 Å². The minimum absolute atomic E-state index is 0.101. The van der Waals surface area contributed by atoms with E-state index in [1.165, 1.54) is 18.9 Å². The molecule has 0 fully saturated rings. The molecule has 0 aromatic heterocycles. The van der Waals surface area contributed by atoms with Crippen LogP contribution in [0.4, 0.5) is 11.4 Å². The summed E-state index contributed by atoms with van der Waals surface area (Å²) in [6, 6.07) is 15.8. The first-order chi connectivity index (χ1) is 12.0. The van der Waals surface area contributed by atoms with E-state index in [4.69, 9.17) is 4.74 Å². The maximum absolute atomic E-state index is 12.2. The van der Waals surface area contributed by atoms with Crippen LogP contribution in [0.3, 0.4) is 0 Å². The van der Waals surface area contributed by atoms with Gasteiger partial charge in [-0.1, -0.05) is 30.3 Å². The molecule has 0 unspecified atom stereocenters. The molecule has 0 aliphatic heterocycles. The number of hydrogen-bond acceptors (Lipinski definition) is 4. The molecule has 2 amide bonds. The number of nitrogens with one attached hydrogen (secondary N) is 1. The first-order valence-corrected chi connectivity index (χ1v) is 7.83. The van der Waals surface area contributed by atoms with E-state index in [1.807, 2.05) is 30.3 Å². The van der Waals surface area contributed by atoms with Gasteiger partial charge in [0.1, 0.15) is 0 Å². The first-order valence-electron chi connectivity index (χ1n) is 7.83. The first kappa shape index (κ1) is 18.2. The highest BCUT2D eigenvalue weighted by Gasteiger charge is 2.16. The van der Waals surface area contributed by atoms with E-state index in [2.05, 4.69) is 5.32 Å². The van der Waals surface area contributed by atoms with Crippen molar-refractivity contribution in [2.24, 2.45) is 0 Å². The van der Waals surface area contributed by atoms with E-state index < -0.39 is 5.97 Å². The van der Waals surface area contributed by atoms with Crippen LogP contribution in [0.2, 0.25) is 0 Å². The number of ether oxygens (including phenoxy) is 1. The predicted octanol–water partition coefficient (Wildman–Crippen LogP) is 2.85. The minimum atomic E-state index is -0.523. The van der Waals surface area contributed by atoms with Crippen molar-refractivity contribution in [3.05, 3.63) is 60.2 Å². The molecule has 0 bridgehead atoms. The van der Waals surface area contributed by atoms with Crippen molar-refractivity contribution in [2.45, 2.75) is 13.3 Å². The van der Waals surface area contributed by atoms with E-state index in [0.29, 0.717) is 5.69 Å². The predicted molar refractivity (Wildman–Crippen MR) is 95.5 cm³/mol. The number of benzene rings is 2. The summed E-state index contributed by atoms with van der Waals surface area (Å²) in [6.07, 6.45) is 0.101. The van der Waals surface area contributed by atoms with E-state index in [0.717, 1.165) is 5.69 Å². The molecule has 0 aliphatic rings. The van der Waals surface area contributed by atoms with Gasteiger partial charge in [-0.25, -0.2) is 4.79 Å². The summed E-state index contributed by atoms with van der Waals surface area (Å²) in [7, 11) is 1.28. The summed E-state index contributed by atoms with van der Waals surface area (Å²) in [5, 5.41) is 2.69.